The van der Waals surface area contributed by atoms with E-state index in [0.29, 0.717) is 18.0 Å². The smallest absolute Gasteiger partial charge is 0.255 e. The lowest BCUT2D eigenvalue weighted by Gasteiger charge is -2.33. The second-order valence-corrected chi connectivity index (χ2v) is 7.22. The van der Waals surface area contributed by atoms with E-state index >= 15 is 0 Å². The summed E-state index contributed by atoms with van der Waals surface area (Å²) in [7, 11) is 0. The van der Waals surface area contributed by atoms with Crippen LogP contribution < -0.4 is 5.32 Å². The van der Waals surface area contributed by atoms with Crippen molar-refractivity contribution in [3.63, 3.8) is 0 Å². The van der Waals surface area contributed by atoms with Crippen molar-refractivity contribution in [2.75, 3.05) is 19.8 Å². The number of amides is 1. The molecule has 2 fully saturated rings. The van der Waals surface area contributed by atoms with E-state index in [0.717, 1.165) is 44.5 Å². The number of hydrogen-bond acceptors (Lipinski definition) is 4. The van der Waals surface area contributed by atoms with Crippen molar-refractivity contribution in [2.24, 2.45) is 0 Å². The van der Waals surface area contributed by atoms with Gasteiger partial charge in [0.1, 0.15) is 5.75 Å². The van der Waals surface area contributed by atoms with E-state index in [2.05, 4.69) is 19.2 Å². The van der Waals surface area contributed by atoms with Gasteiger partial charge in [-0.3, -0.25) is 4.79 Å². The first-order valence-corrected chi connectivity index (χ1v) is 8.86. The third-order valence-corrected chi connectivity index (χ3v) is 5.17. The molecule has 1 amide bonds. The van der Waals surface area contributed by atoms with E-state index in [1.807, 2.05) is 6.07 Å². The minimum atomic E-state index is -0.251. The molecule has 1 aromatic rings. The first kappa shape index (κ1) is 17.2. The number of benzene rings is 1. The van der Waals surface area contributed by atoms with Gasteiger partial charge in [0, 0.05) is 19.8 Å². The van der Waals surface area contributed by atoms with Crippen molar-refractivity contribution < 1.29 is 19.4 Å². The number of carbonyl (C=O) groups is 1. The predicted octanol–water partition coefficient (Wildman–Crippen LogP) is 2.97. The van der Waals surface area contributed by atoms with E-state index in [1.54, 1.807) is 12.1 Å². The number of aromatic hydroxyl groups is 1. The fraction of sp³-hybridized carbons (Fsp3) is 0.632. The summed E-state index contributed by atoms with van der Waals surface area (Å²) in [5.41, 5.74) is 1.29. The van der Waals surface area contributed by atoms with Crippen LogP contribution in [0.1, 0.15) is 61.4 Å². The maximum Gasteiger partial charge on any atom is 0.255 e. The van der Waals surface area contributed by atoms with Crippen LogP contribution in [-0.4, -0.2) is 42.5 Å². The van der Waals surface area contributed by atoms with Crippen molar-refractivity contribution in [3.05, 3.63) is 29.3 Å². The third kappa shape index (κ3) is 3.73. The highest BCUT2D eigenvalue weighted by Gasteiger charge is 2.41. The lowest BCUT2D eigenvalue weighted by atomic mass is 9.91. The van der Waals surface area contributed by atoms with Crippen molar-refractivity contribution >= 4 is 5.91 Å². The lowest BCUT2D eigenvalue weighted by Crippen LogP contribution is -2.38. The average molecular weight is 333 g/mol. The van der Waals surface area contributed by atoms with Gasteiger partial charge in [-0.2, -0.15) is 0 Å². The molecule has 3 rings (SSSR count). The molecule has 1 atom stereocenters. The molecule has 0 radical (unpaired) electrons. The maximum absolute atomic E-state index is 12.3. The van der Waals surface area contributed by atoms with E-state index in [-0.39, 0.29) is 23.4 Å². The largest absolute Gasteiger partial charge is 0.507 e. The van der Waals surface area contributed by atoms with Gasteiger partial charge in [0.25, 0.3) is 5.91 Å². The molecule has 0 aliphatic carbocycles. The summed E-state index contributed by atoms with van der Waals surface area (Å²) >= 11 is 0. The predicted molar refractivity (Wildman–Crippen MR) is 91.4 cm³/mol. The molecule has 2 N–H and O–H groups in total. The SMILES string of the molecule is CC(C)c1ccc(C(=O)NCC2CCC3(CCOCC3)O2)c(O)c1. The molecule has 2 heterocycles. The third-order valence-electron chi connectivity index (χ3n) is 5.17. The van der Waals surface area contributed by atoms with Crippen molar-refractivity contribution in [1.82, 2.24) is 5.32 Å². The Morgan fingerprint density at radius 1 is 1.33 bits per heavy atom. The molecule has 1 unspecified atom stereocenters. The van der Waals surface area contributed by atoms with E-state index < -0.39 is 0 Å². The Kier molecular flexibility index (Phi) is 5.11. The Labute approximate surface area is 143 Å². The number of rotatable bonds is 4. The van der Waals surface area contributed by atoms with E-state index in [4.69, 9.17) is 9.47 Å². The Bertz CT molecular complexity index is 593. The molecular formula is C19H27NO4. The van der Waals surface area contributed by atoms with Crippen LogP contribution in [0, 0.1) is 0 Å². The van der Waals surface area contributed by atoms with Gasteiger partial charge in [-0.25, -0.2) is 0 Å². The normalized spacial score (nSPS) is 22.9. The molecule has 1 spiro atoms. The molecule has 5 nitrogen and oxygen atoms in total. The van der Waals surface area contributed by atoms with Gasteiger partial charge < -0.3 is 19.9 Å². The number of phenols is 1. The van der Waals surface area contributed by atoms with Crippen LogP contribution in [0.4, 0.5) is 0 Å². The van der Waals surface area contributed by atoms with Gasteiger partial charge in [-0.1, -0.05) is 19.9 Å². The summed E-state index contributed by atoms with van der Waals surface area (Å²) in [6.45, 7) is 6.10. The van der Waals surface area contributed by atoms with Crippen molar-refractivity contribution in [1.29, 1.82) is 0 Å². The van der Waals surface area contributed by atoms with Crippen LogP contribution in [0.25, 0.3) is 0 Å². The van der Waals surface area contributed by atoms with Crippen LogP contribution in [0.3, 0.4) is 0 Å². The molecule has 1 aromatic carbocycles. The monoisotopic (exact) mass is 333 g/mol. The zero-order chi connectivity index (χ0) is 17.2. The summed E-state index contributed by atoms with van der Waals surface area (Å²) in [5.74, 6) is 0.0989. The summed E-state index contributed by atoms with van der Waals surface area (Å²) in [5, 5.41) is 13.0. The van der Waals surface area contributed by atoms with Crippen LogP contribution in [0.15, 0.2) is 18.2 Å². The second kappa shape index (κ2) is 7.11. The quantitative estimate of drug-likeness (QED) is 0.889. The Balaban J connectivity index is 1.54. The number of ether oxygens (including phenoxy) is 2. The molecular weight excluding hydrogens is 306 g/mol. The zero-order valence-corrected chi connectivity index (χ0v) is 14.5. The minimum absolute atomic E-state index is 0.0342. The average Bonchev–Trinajstić information content (AvgIpc) is 2.95. The van der Waals surface area contributed by atoms with Crippen LogP contribution in [-0.2, 0) is 9.47 Å². The standard InChI is InChI=1S/C19H27NO4/c1-13(2)14-3-4-16(17(21)11-14)18(22)20-12-15-5-6-19(24-15)7-9-23-10-8-19/h3-4,11,13,15,21H,5-10,12H2,1-2H3,(H,20,22). The second-order valence-electron chi connectivity index (χ2n) is 7.22. The van der Waals surface area contributed by atoms with Gasteiger partial charge in [-0.15, -0.1) is 0 Å². The van der Waals surface area contributed by atoms with E-state index in [1.165, 1.54) is 0 Å². The lowest BCUT2D eigenvalue weighted by molar-refractivity contribution is -0.102. The molecule has 0 bridgehead atoms. The van der Waals surface area contributed by atoms with Crippen LogP contribution in [0.5, 0.6) is 5.75 Å². The summed E-state index contributed by atoms with van der Waals surface area (Å²) in [4.78, 5) is 12.3. The molecule has 0 aromatic heterocycles. The summed E-state index contributed by atoms with van der Waals surface area (Å²) < 4.78 is 11.6. The zero-order valence-electron chi connectivity index (χ0n) is 14.5. The molecule has 2 saturated heterocycles. The van der Waals surface area contributed by atoms with Crippen LogP contribution in [0.2, 0.25) is 0 Å². The molecule has 5 heteroatoms. The van der Waals surface area contributed by atoms with Crippen molar-refractivity contribution in [3.8, 4) is 5.75 Å². The first-order chi connectivity index (χ1) is 11.5. The Hall–Kier alpha value is -1.59. The van der Waals surface area contributed by atoms with Gasteiger partial charge in [0.15, 0.2) is 0 Å². The molecule has 24 heavy (non-hydrogen) atoms. The van der Waals surface area contributed by atoms with Gasteiger partial charge in [0.05, 0.1) is 17.3 Å². The molecule has 2 aliphatic rings. The summed E-state index contributed by atoms with van der Waals surface area (Å²) in [6.07, 6.45) is 3.91. The summed E-state index contributed by atoms with van der Waals surface area (Å²) in [6, 6.07) is 5.25. The highest BCUT2D eigenvalue weighted by atomic mass is 16.5. The van der Waals surface area contributed by atoms with Gasteiger partial charge >= 0.3 is 0 Å². The number of carbonyl (C=O) groups excluding carboxylic acids is 1. The topological polar surface area (TPSA) is 67.8 Å². The Morgan fingerprint density at radius 2 is 2.08 bits per heavy atom. The number of phenolic OH excluding ortho intramolecular Hbond substituents is 1. The first-order valence-electron chi connectivity index (χ1n) is 8.86. The van der Waals surface area contributed by atoms with Gasteiger partial charge in [0.2, 0.25) is 0 Å². The van der Waals surface area contributed by atoms with Crippen LogP contribution >= 0.6 is 0 Å². The fourth-order valence-corrected chi connectivity index (χ4v) is 3.55. The van der Waals surface area contributed by atoms with Crippen molar-refractivity contribution in [2.45, 2.75) is 57.2 Å². The Morgan fingerprint density at radius 3 is 2.75 bits per heavy atom. The molecule has 0 saturated carbocycles. The maximum atomic E-state index is 12.3. The molecule has 132 valence electrons. The highest BCUT2D eigenvalue weighted by Crippen LogP contribution is 2.38. The fourth-order valence-electron chi connectivity index (χ4n) is 3.55. The van der Waals surface area contributed by atoms with Gasteiger partial charge in [-0.05, 0) is 49.3 Å². The highest BCUT2D eigenvalue weighted by molar-refractivity contribution is 5.96. The number of nitrogens with one attached hydrogen (secondary N) is 1. The number of hydrogen-bond donors (Lipinski definition) is 2. The molecule has 2 aliphatic heterocycles. The van der Waals surface area contributed by atoms with E-state index in [9.17, 15) is 9.90 Å². The minimum Gasteiger partial charge on any atom is -0.507 e.